The molecule has 0 saturated carbocycles. The number of H-pyrrole nitrogens is 1. The number of hydrogen-bond acceptors (Lipinski definition) is 4. The van der Waals surface area contributed by atoms with Crippen LogP contribution in [0.5, 0.6) is 5.75 Å². The number of benzene rings is 2. The summed E-state index contributed by atoms with van der Waals surface area (Å²) in [6.07, 6.45) is -4.03. The van der Waals surface area contributed by atoms with Crippen LogP contribution in [0.4, 0.5) is 17.6 Å². The molecule has 0 radical (unpaired) electrons. The van der Waals surface area contributed by atoms with Gasteiger partial charge < -0.3 is 10.1 Å². The van der Waals surface area contributed by atoms with Gasteiger partial charge in [0.15, 0.2) is 0 Å². The summed E-state index contributed by atoms with van der Waals surface area (Å²) in [6, 6.07) is 6.61. The van der Waals surface area contributed by atoms with Crippen LogP contribution in [-0.2, 0) is 25.7 Å². The summed E-state index contributed by atoms with van der Waals surface area (Å²) in [7, 11) is 0. The van der Waals surface area contributed by atoms with E-state index < -0.39 is 23.1 Å². The van der Waals surface area contributed by atoms with Crippen LogP contribution in [0.1, 0.15) is 22.4 Å². The first kappa shape index (κ1) is 21.3. The lowest BCUT2D eigenvalue weighted by Gasteiger charge is -2.28. The topological polar surface area (TPSA) is 69.2 Å². The third-order valence-electron chi connectivity index (χ3n) is 5.13. The van der Waals surface area contributed by atoms with Crippen LogP contribution in [0.3, 0.4) is 0 Å². The lowest BCUT2D eigenvalue weighted by molar-refractivity contribution is -0.137. The number of hydrogen-bond donors (Lipinski definition) is 2. The lowest BCUT2D eigenvalue weighted by atomic mass is 10.0. The maximum atomic E-state index is 13.6. The molecule has 2 aromatic carbocycles. The number of aromatic hydroxyl groups is 1. The predicted octanol–water partition coefficient (Wildman–Crippen LogP) is 4.51. The highest BCUT2D eigenvalue weighted by Crippen LogP contribution is 2.32. The smallest absolute Gasteiger partial charge is 0.416 e. The molecule has 0 amide bonds. The van der Waals surface area contributed by atoms with Gasteiger partial charge in [0.2, 0.25) is 0 Å². The van der Waals surface area contributed by atoms with Gasteiger partial charge in [0, 0.05) is 37.2 Å². The lowest BCUT2D eigenvalue weighted by Crippen LogP contribution is -2.35. The van der Waals surface area contributed by atoms with Crippen molar-refractivity contribution in [3.05, 3.63) is 80.0 Å². The van der Waals surface area contributed by atoms with E-state index in [1.54, 1.807) is 0 Å². The van der Waals surface area contributed by atoms with E-state index in [0.29, 0.717) is 35.3 Å². The SMILES string of the molecule is O=c1[nH]c(-c2ccc(C(F)(F)F)cc2)nc2c1CN(Cc1cc(F)cc(Cl)c1O)CC2. The summed E-state index contributed by atoms with van der Waals surface area (Å²) in [6.45, 7) is 0.894. The highest BCUT2D eigenvalue weighted by Gasteiger charge is 2.30. The van der Waals surface area contributed by atoms with E-state index in [4.69, 9.17) is 11.6 Å². The Hall–Kier alpha value is -2.91. The van der Waals surface area contributed by atoms with Crippen LogP contribution < -0.4 is 5.56 Å². The Balaban J connectivity index is 1.57. The fourth-order valence-corrected chi connectivity index (χ4v) is 3.78. The fraction of sp³-hybridized carbons (Fsp3) is 0.238. The first-order chi connectivity index (χ1) is 14.6. The van der Waals surface area contributed by atoms with Gasteiger partial charge in [-0.25, -0.2) is 9.37 Å². The first-order valence-corrected chi connectivity index (χ1v) is 9.68. The number of nitrogens with zero attached hydrogens (tertiary/aromatic N) is 2. The molecule has 2 N–H and O–H groups in total. The molecule has 1 aliphatic heterocycles. The van der Waals surface area contributed by atoms with Crippen LogP contribution in [0.15, 0.2) is 41.2 Å². The van der Waals surface area contributed by atoms with E-state index in [1.165, 1.54) is 18.2 Å². The molecule has 2 heterocycles. The Morgan fingerprint density at radius 3 is 2.58 bits per heavy atom. The Labute approximate surface area is 178 Å². The standard InChI is InChI=1S/C21H16ClF4N3O2/c22-16-8-14(23)7-12(18(16)30)9-29-6-5-17-15(10-29)20(31)28-19(27-17)11-1-3-13(4-2-11)21(24,25)26/h1-4,7-8,30H,5-6,9-10H2,(H,27,28,31). The summed E-state index contributed by atoms with van der Waals surface area (Å²) in [5.41, 5.74) is 0.466. The number of phenols is 1. The van der Waals surface area contributed by atoms with Crippen LogP contribution >= 0.6 is 11.6 Å². The fourth-order valence-electron chi connectivity index (χ4n) is 3.55. The second-order valence-corrected chi connectivity index (χ2v) is 7.68. The van der Waals surface area contributed by atoms with Crippen LogP contribution in [0.25, 0.3) is 11.4 Å². The molecule has 3 aromatic rings. The molecule has 10 heteroatoms. The van der Waals surface area contributed by atoms with Gasteiger partial charge in [-0.2, -0.15) is 13.2 Å². The zero-order chi connectivity index (χ0) is 22.3. The molecule has 162 valence electrons. The summed E-state index contributed by atoms with van der Waals surface area (Å²) in [5, 5.41) is 9.97. The van der Waals surface area contributed by atoms with E-state index >= 15 is 0 Å². The van der Waals surface area contributed by atoms with Crippen molar-refractivity contribution < 1.29 is 22.7 Å². The highest BCUT2D eigenvalue weighted by molar-refractivity contribution is 6.32. The second kappa shape index (κ2) is 7.97. The van der Waals surface area contributed by atoms with Crippen LogP contribution in [-0.4, -0.2) is 26.5 Å². The molecular formula is C21H16ClF4N3O2. The molecule has 0 atom stereocenters. The van der Waals surface area contributed by atoms with Crippen LogP contribution in [0.2, 0.25) is 5.02 Å². The van der Waals surface area contributed by atoms with E-state index in [-0.39, 0.29) is 29.7 Å². The molecule has 0 saturated heterocycles. The summed E-state index contributed by atoms with van der Waals surface area (Å²) in [4.78, 5) is 21.5. The number of alkyl halides is 3. The molecule has 0 unspecified atom stereocenters. The van der Waals surface area contributed by atoms with E-state index in [9.17, 15) is 27.5 Å². The quantitative estimate of drug-likeness (QED) is 0.572. The maximum Gasteiger partial charge on any atom is 0.416 e. The molecule has 0 bridgehead atoms. The van der Waals surface area contributed by atoms with Gasteiger partial charge in [-0.15, -0.1) is 0 Å². The highest BCUT2D eigenvalue weighted by atomic mass is 35.5. The van der Waals surface area contributed by atoms with E-state index in [0.717, 1.165) is 18.2 Å². The van der Waals surface area contributed by atoms with Gasteiger partial charge in [-0.3, -0.25) is 9.69 Å². The van der Waals surface area contributed by atoms with Gasteiger partial charge in [0.1, 0.15) is 17.4 Å². The molecule has 1 aromatic heterocycles. The maximum absolute atomic E-state index is 13.6. The first-order valence-electron chi connectivity index (χ1n) is 9.31. The van der Waals surface area contributed by atoms with Gasteiger partial charge in [0.05, 0.1) is 21.8 Å². The molecule has 5 nitrogen and oxygen atoms in total. The monoisotopic (exact) mass is 453 g/mol. The van der Waals surface area contributed by atoms with Crippen molar-refractivity contribution in [1.29, 1.82) is 0 Å². The predicted molar refractivity (Wildman–Crippen MR) is 106 cm³/mol. The van der Waals surface area contributed by atoms with E-state index in [1.807, 2.05) is 4.90 Å². The van der Waals surface area contributed by atoms with Gasteiger partial charge in [-0.1, -0.05) is 23.7 Å². The normalized spacial score (nSPS) is 14.5. The molecule has 1 aliphatic rings. The molecule has 0 fully saturated rings. The Morgan fingerprint density at radius 2 is 1.90 bits per heavy atom. The number of fused-ring (bicyclic) bond motifs is 1. The summed E-state index contributed by atoms with van der Waals surface area (Å²) < 4.78 is 51.9. The Bertz CT molecular complexity index is 1190. The van der Waals surface area contributed by atoms with Gasteiger partial charge in [0.25, 0.3) is 5.56 Å². The van der Waals surface area contributed by atoms with Crippen LogP contribution in [0, 0.1) is 5.82 Å². The number of phenolic OH excluding ortho intramolecular Hbond substituents is 1. The summed E-state index contributed by atoms with van der Waals surface area (Å²) >= 11 is 5.82. The van der Waals surface area contributed by atoms with Crippen molar-refractivity contribution in [2.45, 2.75) is 25.7 Å². The Kier molecular flexibility index (Phi) is 5.49. The Morgan fingerprint density at radius 1 is 1.19 bits per heavy atom. The zero-order valence-electron chi connectivity index (χ0n) is 15.9. The van der Waals surface area contributed by atoms with Crippen molar-refractivity contribution >= 4 is 11.6 Å². The molecule has 0 aliphatic carbocycles. The molecular weight excluding hydrogens is 438 g/mol. The minimum absolute atomic E-state index is 0.0897. The number of nitrogens with one attached hydrogen (secondary N) is 1. The molecule has 31 heavy (non-hydrogen) atoms. The largest absolute Gasteiger partial charge is 0.506 e. The van der Waals surface area contributed by atoms with Crippen molar-refractivity contribution in [2.24, 2.45) is 0 Å². The van der Waals surface area contributed by atoms with Crippen molar-refractivity contribution in [1.82, 2.24) is 14.9 Å². The zero-order valence-corrected chi connectivity index (χ0v) is 16.7. The minimum atomic E-state index is -4.45. The number of aromatic nitrogens is 2. The average Bonchev–Trinajstić information content (AvgIpc) is 2.71. The van der Waals surface area contributed by atoms with Crippen molar-refractivity contribution in [3.63, 3.8) is 0 Å². The van der Waals surface area contributed by atoms with Crippen molar-refractivity contribution in [2.75, 3.05) is 6.54 Å². The number of aromatic amines is 1. The second-order valence-electron chi connectivity index (χ2n) is 7.27. The van der Waals surface area contributed by atoms with Gasteiger partial charge >= 0.3 is 6.18 Å². The number of halogens is 5. The average molecular weight is 454 g/mol. The minimum Gasteiger partial charge on any atom is -0.506 e. The third kappa shape index (κ3) is 4.42. The summed E-state index contributed by atoms with van der Waals surface area (Å²) in [5.74, 6) is -0.588. The number of rotatable bonds is 3. The van der Waals surface area contributed by atoms with E-state index in [2.05, 4.69) is 9.97 Å². The van der Waals surface area contributed by atoms with Gasteiger partial charge in [-0.05, 0) is 24.3 Å². The third-order valence-corrected chi connectivity index (χ3v) is 5.42. The molecule has 0 spiro atoms. The molecule has 4 rings (SSSR count). The van der Waals surface area contributed by atoms with Crippen molar-refractivity contribution in [3.8, 4) is 17.1 Å².